The van der Waals surface area contributed by atoms with Crippen molar-refractivity contribution in [1.29, 1.82) is 0 Å². The SMILES string of the molecule is Cc1ccc(-c2nc(NC(=O)c3cc(-c4ccc(F)c(F)c4)on3)no2)cc1. The highest BCUT2D eigenvalue weighted by Crippen LogP contribution is 2.23. The normalized spacial score (nSPS) is 10.8. The summed E-state index contributed by atoms with van der Waals surface area (Å²) in [7, 11) is 0. The van der Waals surface area contributed by atoms with E-state index in [9.17, 15) is 13.6 Å². The van der Waals surface area contributed by atoms with E-state index in [0.29, 0.717) is 5.56 Å². The van der Waals surface area contributed by atoms with Crippen LogP contribution in [-0.2, 0) is 0 Å². The molecule has 140 valence electrons. The van der Waals surface area contributed by atoms with Gasteiger partial charge in [0.05, 0.1) is 0 Å². The first-order valence-corrected chi connectivity index (χ1v) is 8.14. The minimum Gasteiger partial charge on any atom is -0.355 e. The average Bonchev–Trinajstić information content (AvgIpc) is 3.34. The highest BCUT2D eigenvalue weighted by atomic mass is 19.2. The van der Waals surface area contributed by atoms with E-state index in [2.05, 4.69) is 20.6 Å². The lowest BCUT2D eigenvalue weighted by atomic mass is 10.1. The van der Waals surface area contributed by atoms with E-state index in [1.54, 1.807) is 0 Å². The summed E-state index contributed by atoms with van der Waals surface area (Å²) >= 11 is 0. The second kappa shape index (κ2) is 7.03. The number of carbonyl (C=O) groups excluding carboxylic acids is 1. The van der Waals surface area contributed by atoms with Crippen molar-refractivity contribution in [2.24, 2.45) is 0 Å². The van der Waals surface area contributed by atoms with Crippen LogP contribution in [0.25, 0.3) is 22.8 Å². The van der Waals surface area contributed by atoms with E-state index in [-0.39, 0.29) is 28.9 Å². The largest absolute Gasteiger partial charge is 0.355 e. The van der Waals surface area contributed by atoms with Gasteiger partial charge in [-0.3, -0.25) is 10.1 Å². The topological polar surface area (TPSA) is 94.1 Å². The number of hydrogen-bond donors (Lipinski definition) is 1. The first-order chi connectivity index (χ1) is 13.5. The van der Waals surface area contributed by atoms with Crippen LogP contribution in [0.15, 0.2) is 57.6 Å². The second-order valence-corrected chi connectivity index (χ2v) is 5.95. The van der Waals surface area contributed by atoms with Gasteiger partial charge in [-0.2, -0.15) is 4.98 Å². The van der Waals surface area contributed by atoms with Crippen LogP contribution < -0.4 is 5.32 Å². The maximum atomic E-state index is 13.3. The lowest BCUT2D eigenvalue weighted by molar-refractivity contribution is 0.101. The summed E-state index contributed by atoms with van der Waals surface area (Å²) in [5.74, 6) is -2.35. The molecule has 2 aromatic heterocycles. The van der Waals surface area contributed by atoms with E-state index in [1.807, 2.05) is 31.2 Å². The number of benzene rings is 2. The zero-order valence-corrected chi connectivity index (χ0v) is 14.4. The summed E-state index contributed by atoms with van der Waals surface area (Å²) in [6.45, 7) is 1.95. The quantitative estimate of drug-likeness (QED) is 0.568. The zero-order valence-electron chi connectivity index (χ0n) is 14.4. The Morgan fingerprint density at radius 1 is 0.929 bits per heavy atom. The van der Waals surface area contributed by atoms with Gasteiger partial charge >= 0.3 is 0 Å². The molecule has 4 aromatic rings. The highest BCUT2D eigenvalue weighted by molar-refractivity contribution is 6.02. The van der Waals surface area contributed by atoms with Crippen LogP contribution in [0.5, 0.6) is 0 Å². The smallest absolute Gasteiger partial charge is 0.280 e. The van der Waals surface area contributed by atoms with E-state index < -0.39 is 17.5 Å². The molecule has 2 aromatic carbocycles. The number of rotatable bonds is 4. The standard InChI is InChI=1S/C19H12F2N4O3/c1-10-2-4-11(5-3-10)18-23-19(25-28-18)22-17(26)15-9-16(27-24-15)12-6-7-13(20)14(21)8-12/h2-9H,1H3,(H,22,25,26). The lowest BCUT2D eigenvalue weighted by Crippen LogP contribution is -2.13. The highest BCUT2D eigenvalue weighted by Gasteiger charge is 2.18. The lowest BCUT2D eigenvalue weighted by Gasteiger charge is -1.96. The van der Waals surface area contributed by atoms with E-state index in [1.165, 1.54) is 12.1 Å². The minimum atomic E-state index is -1.03. The third kappa shape index (κ3) is 3.50. The predicted octanol–water partition coefficient (Wildman–Crippen LogP) is 4.23. The molecule has 1 N–H and O–H groups in total. The van der Waals surface area contributed by atoms with Gasteiger partial charge in [0.15, 0.2) is 23.1 Å². The molecule has 0 atom stereocenters. The molecule has 0 radical (unpaired) electrons. The van der Waals surface area contributed by atoms with E-state index in [0.717, 1.165) is 17.7 Å². The third-order valence-corrected chi connectivity index (χ3v) is 3.90. The minimum absolute atomic E-state index is 0.0436. The number of carbonyl (C=O) groups is 1. The summed E-state index contributed by atoms with van der Waals surface area (Å²) in [4.78, 5) is 16.4. The molecule has 0 saturated carbocycles. The molecule has 0 saturated heterocycles. The molecule has 0 aliphatic heterocycles. The second-order valence-electron chi connectivity index (χ2n) is 5.95. The monoisotopic (exact) mass is 382 g/mol. The number of anilines is 1. The summed E-state index contributed by atoms with van der Waals surface area (Å²) in [5.41, 5.74) is 1.95. The van der Waals surface area contributed by atoms with Gasteiger partial charge in [0.2, 0.25) is 0 Å². The van der Waals surface area contributed by atoms with Gasteiger partial charge in [-0.05, 0) is 42.4 Å². The average molecular weight is 382 g/mol. The molecule has 0 aliphatic carbocycles. The van der Waals surface area contributed by atoms with Gasteiger partial charge in [-0.25, -0.2) is 8.78 Å². The fourth-order valence-corrected chi connectivity index (χ4v) is 2.42. The number of amides is 1. The Hall–Kier alpha value is -3.88. The van der Waals surface area contributed by atoms with Crippen LogP contribution in [-0.4, -0.2) is 21.2 Å². The van der Waals surface area contributed by atoms with Crippen LogP contribution in [0.4, 0.5) is 14.7 Å². The molecule has 2 heterocycles. The van der Waals surface area contributed by atoms with Crippen molar-refractivity contribution in [2.45, 2.75) is 6.92 Å². The van der Waals surface area contributed by atoms with Gasteiger partial charge < -0.3 is 9.05 Å². The molecule has 0 bridgehead atoms. The summed E-state index contributed by atoms with van der Waals surface area (Å²) in [6, 6.07) is 11.9. The molecule has 28 heavy (non-hydrogen) atoms. The molecule has 7 nitrogen and oxygen atoms in total. The Labute approximate surface area is 157 Å². The molecule has 4 rings (SSSR count). The van der Waals surface area contributed by atoms with Crippen molar-refractivity contribution < 1.29 is 22.6 Å². The zero-order chi connectivity index (χ0) is 19.7. The van der Waals surface area contributed by atoms with Crippen LogP contribution in [0.2, 0.25) is 0 Å². The molecule has 0 aliphatic rings. The maximum Gasteiger partial charge on any atom is 0.280 e. The van der Waals surface area contributed by atoms with Crippen molar-refractivity contribution >= 4 is 11.9 Å². The van der Waals surface area contributed by atoms with Gasteiger partial charge in [-0.1, -0.05) is 22.9 Å². The number of aromatic nitrogens is 3. The van der Waals surface area contributed by atoms with Crippen molar-refractivity contribution in [2.75, 3.05) is 5.32 Å². The summed E-state index contributed by atoms with van der Waals surface area (Å²) < 4.78 is 36.5. The molecular formula is C19H12F2N4O3. The first kappa shape index (κ1) is 17.5. The Morgan fingerprint density at radius 2 is 1.68 bits per heavy atom. The number of halogens is 2. The van der Waals surface area contributed by atoms with Gasteiger partial charge in [-0.15, -0.1) is 0 Å². The number of aryl methyl sites for hydroxylation is 1. The summed E-state index contributed by atoms with van der Waals surface area (Å²) in [6.07, 6.45) is 0. The fourth-order valence-electron chi connectivity index (χ4n) is 2.42. The molecule has 9 heteroatoms. The predicted molar refractivity (Wildman–Crippen MR) is 94.3 cm³/mol. The van der Waals surface area contributed by atoms with Crippen molar-refractivity contribution in [3.05, 3.63) is 71.4 Å². The fraction of sp³-hybridized carbons (Fsp3) is 0.0526. The maximum absolute atomic E-state index is 13.3. The third-order valence-electron chi connectivity index (χ3n) is 3.90. The van der Waals surface area contributed by atoms with Crippen LogP contribution >= 0.6 is 0 Å². The molecule has 0 fully saturated rings. The van der Waals surface area contributed by atoms with Crippen LogP contribution in [0.3, 0.4) is 0 Å². The van der Waals surface area contributed by atoms with E-state index >= 15 is 0 Å². The number of nitrogens with one attached hydrogen (secondary N) is 1. The van der Waals surface area contributed by atoms with Crippen molar-refractivity contribution in [3.8, 4) is 22.8 Å². The van der Waals surface area contributed by atoms with Crippen molar-refractivity contribution in [1.82, 2.24) is 15.3 Å². The van der Waals surface area contributed by atoms with Crippen molar-refractivity contribution in [3.63, 3.8) is 0 Å². The van der Waals surface area contributed by atoms with Gasteiger partial charge in [0, 0.05) is 17.2 Å². The molecule has 0 unspecified atom stereocenters. The number of nitrogens with zero attached hydrogens (tertiary/aromatic N) is 3. The van der Waals surface area contributed by atoms with Gasteiger partial charge in [0.1, 0.15) is 0 Å². The van der Waals surface area contributed by atoms with Gasteiger partial charge in [0.25, 0.3) is 17.7 Å². The Morgan fingerprint density at radius 3 is 2.43 bits per heavy atom. The molecule has 1 amide bonds. The first-order valence-electron chi connectivity index (χ1n) is 8.14. The van der Waals surface area contributed by atoms with Crippen LogP contribution in [0, 0.1) is 18.6 Å². The molecule has 0 spiro atoms. The Bertz CT molecular complexity index is 1150. The Kier molecular flexibility index (Phi) is 4.40. The summed E-state index contributed by atoms with van der Waals surface area (Å²) in [5, 5.41) is 9.76. The molecular weight excluding hydrogens is 370 g/mol. The Balaban J connectivity index is 1.49. The van der Waals surface area contributed by atoms with Crippen LogP contribution in [0.1, 0.15) is 16.1 Å². The number of hydrogen-bond acceptors (Lipinski definition) is 6. The van der Waals surface area contributed by atoms with E-state index in [4.69, 9.17) is 9.05 Å².